The monoisotopic (exact) mass is 269 g/mol. The molecule has 0 fully saturated rings. The minimum Gasteiger partial charge on any atom is -0.496 e. The van der Waals surface area contributed by atoms with Crippen LogP contribution in [0.15, 0.2) is 18.2 Å². The van der Waals surface area contributed by atoms with Gasteiger partial charge in [0.25, 0.3) is 0 Å². The molecule has 0 aliphatic heterocycles. The first kappa shape index (κ1) is 15.4. The molecule has 0 spiro atoms. The molecule has 19 heavy (non-hydrogen) atoms. The number of hydrogen-bond donors (Lipinski definition) is 1. The zero-order chi connectivity index (χ0) is 14.6. The zero-order valence-corrected chi connectivity index (χ0v) is 11.7. The summed E-state index contributed by atoms with van der Waals surface area (Å²) in [6, 6.07) is 4.31. The Morgan fingerprint density at radius 3 is 2.63 bits per heavy atom. The Morgan fingerprint density at radius 2 is 2.11 bits per heavy atom. The number of halogens is 1. The molecule has 4 nitrogen and oxygen atoms in total. The molecule has 0 radical (unpaired) electrons. The van der Waals surface area contributed by atoms with Crippen LogP contribution in [0, 0.1) is 11.2 Å². The SMILES string of the molecule is COc1ccc(F)cc1CN(C)CC(C)(C)C(=O)O. The molecule has 0 atom stereocenters. The summed E-state index contributed by atoms with van der Waals surface area (Å²) in [5.74, 6) is -0.589. The van der Waals surface area contributed by atoms with Crippen molar-refractivity contribution in [3.05, 3.63) is 29.6 Å². The number of aliphatic carboxylic acids is 1. The molecule has 0 saturated carbocycles. The van der Waals surface area contributed by atoms with Gasteiger partial charge in [-0.1, -0.05) is 0 Å². The zero-order valence-electron chi connectivity index (χ0n) is 11.7. The maximum atomic E-state index is 13.2. The van der Waals surface area contributed by atoms with Gasteiger partial charge in [0.05, 0.1) is 12.5 Å². The number of nitrogens with zero attached hydrogens (tertiary/aromatic N) is 1. The van der Waals surface area contributed by atoms with E-state index in [0.29, 0.717) is 24.4 Å². The average Bonchev–Trinajstić information content (AvgIpc) is 2.28. The fraction of sp³-hybridized carbons (Fsp3) is 0.500. The molecule has 0 saturated heterocycles. The Bertz CT molecular complexity index is 460. The van der Waals surface area contributed by atoms with Gasteiger partial charge in [0.2, 0.25) is 0 Å². The molecule has 106 valence electrons. The number of rotatable bonds is 6. The van der Waals surface area contributed by atoms with Gasteiger partial charge in [-0.2, -0.15) is 0 Å². The van der Waals surface area contributed by atoms with E-state index in [4.69, 9.17) is 9.84 Å². The van der Waals surface area contributed by atoms with Crippen molar-refractivity contribution in [2.45, 2.75) is 20.4 Å². The lowest BCUT2D eigenvalue weighted by atomic mass is 9.93. The fourth-order valence-corrected chi connectivity index (χ4v) is 1.96. The number of hydrogen-bond acceptors (Lipinski definition) is 3. The molecular formula is C14H20FNO3. The third-order valence-electron chi connectivity index (χ3n) is 2.93. The number of methoxy groups -OCH3 is 1. The largest absolute Gasteiger partial charge is 0.496 e. The quantitative estimate of drug-likeness (QED) is 0.861. The van der Waals surface area contributed by atoms with Crippen LogP contribution >= 0.6 is 0 Å². The number of carbonyl (C=O) groups is 1. The van der Waals surface area contributed by atoms with E-state index in [1.165, 1.54) is 19.2 Å². The molecule has 1 aromatic carbocycles. The predicted octanol–water partition coefficient (Wildman–Crippen LogP) is 2.38. The van der Waals surface area contributed by atoms with Crippen molar-refractivity contribution in [1.82, 2.24) is 4.90 Å². The minimum atomic E-state index is -0.856. The molecular weight excluding hydrogens is 249 g/mol. The number of benzene rings is 1. The summed E-state index contributed by atoms with van der Waals surface area (Å²) in [7, 11) is 3.33. The summed E-state index contributed by atoms with van der Waals surface area (Å²) < 4.78 is 18.4. The van der Waals surface area contributed by atoms with Crippen molar-refractivity contribution in [2.75, 3.05) is 20.7 Å². The summed E-state index contributed by atoms with van der Waals surface area (Å²) >= 11 is 0. The maximum absolute atomic E-state index is 13.2. The second kappa shape index (κ2) is 6.02. The van der Waals surface area contributed by atoms with Crippen molar-refractivity contribution in [1.29, 1.82) is 0 Å². The third-order valence-corrected chi connectivity index (χ3v) is 2.93. The van der Waals surface area contributed by atoms with Crippen molar-refractivity contribution in [3.63, 3.8) is 0 Å². The highest BCUT2D eigenvalue weighted by atomic mass is 19.1. The molecule has 0 heterocycles. The lowest BCUT2D eigenvalue weighted by Crippen LogP contribution is -2.37. The normalized spacial score (nSPS) is 11.7. The highest BCUT2D eigenvalue weighted by Gasteiger charge is 2.28. The topological polar surface area (TPSA) is 49.8 Å². The molecule has 5 heteroatoms. The van der Waals surface area contributed by atoms with Gasteiger partial charge in [-0.15, -0.1) is 0 Å². The van der Waals surface area contributed by atoms with Gasteiger partial charge in [0.1, 0.15) is 11.6 Å². The van der Waals surface area contributed by atoms with Gasteiger partial charge >= 0.3 is 5.97 Å². The number of carboxylic acids is 1. The van der Waals surface area contributed by atoms with E-state index in [0.717, 1.165) is 0 Å². The summed E-state index contributed by atoms with van der Waals surface area (Å²) in [4.78, 5) is 12.9. The van der Waals surface area contributed by atoms with Gasteiger partial charge in [-0.25, -0.2) is 4.39 Å². The third kappa shape index (κ3) is 4.21. The van der Waals surface area contributed by atoms with E-state index in [9.17, 15) is 9.18 Å². The van der Waals surface area contributed by atoms with E-state index in [1.54, 1.807) is 27.0 Å². The van der Waals surface area contributed by atoms with Crippen LogP contribution in [0.1, 0.15) is 19.4 Å². The molecule has 0 aliphatic rings. The van der Waals surface area contributed by atoms with Crippen molar-refractivity contribution >= 4 is 5.97 Å². The van der Waals surface area contributed by atoms with Crippen molar-refractivity contribution in [3.8, 4) is 5.75 Å². The van der Waals surface area contributed by atoms with Crippen LogP contribution in [0.3, 0.4) is 0 Å². The van der Waals surface area contributed by atoms with Crippen LogP contribution in [0.4, 0.5) is 4.39 Å². The van der Waals surface area contributed by atoms with E-state index in [1.807, 2.05) is 4.90 Å². The second-order valence-corrected chi connectivity index (χ2v) is 5.32. The van der Waals surface area contributed by atoms with E-state index >= 15 is 0 Å². The van der Waals surface area contributed by atoms with E-state index < -0.39 is 11.4 Å². The maximum Gasteiger partial charge on any atom is 0.310 e. The summed E-state index contributed by atoms with van der Waals surface area (Å²) in [5, 5.41) is 9.09. The van der Waals surface area contributed by atoms with Gasteiger partial charge in [0, 0.05) is 18.7 Å². The Balaban J connectivity index is 2.79. The predicted molar refractivity (Wildman–Crippen MR) is 70.7 cm³/mol. The number of carboxylic acid groups (broad SMARTS) is 1. The summed E-state index contributed by atoms with van der Waals surface area (Å²) in [6.07, 6.45) is 0. The van der Waals surface area contributed by atoms with Gasteiger partial charge < -0.3 is 14.7 Å². The van der Waals surface area contributed by atoms with Crippen molar-refractivity contribution in [2.24, 2.45) is 5.41 Å². The van der Waals surface area contributed by atoms with Gasteiger partial charge in [-0.05, 0) is 39.1 Å². The van der Waals surface area contributed by atoms with Crippen molar-refractivity contribution < 1.29 is 19.0 Å². The minimum absolute atomic E-state index is 0.332. The number of ether oxygens (including phenoxy) is 1. The van der Waals surface area contributed by atoms with Crippen LogP contribution in [0.5, 0.6) is 5.75 Å². The van der Waals surface area contributed by atoms with Crippen LogP contribution < -0.4 is 4.74 Å². The Morgan fingerprint density at radius 1 is 1.47 bits per heavy atom. The smallest absolute Gasteiger partial charge is 0.310 e. The molecule has 0 aromatic heterocycles. The van der Waals surface area contributed by atoms with Crippen LogP contribution in [0.2, 0.25) is 0 Å². The van der Waals surface area contributed by atoms with E-state index in [2.05, 4.69) is 0 Å². The average molecular weight is 269 g/mol. The molecule has 0 aliphatic carbocycles. The van der Waals surface area contributed by atoms with Gasteiger partial charge in [-0.3, -0.25) is 4.79 Å². The highest BCUT2D eigenvalue weighted by molar-refractivity contribution is 5.73. The lowest BCUT2D eigenvalue weighted by molar-refractivity contribution is -0.147. The van der Waals surface area contributed by atoms with Gasteiger partial charge in [0.15, 0.2) is 0 Å². The van der Waals surface area contributed by atoms with Crippen LogP contribution in [-0.2, 0) is 11.3 Å². The molecule has 0 unspecified atom stereocenters. The fourth-order valence-electron chi connectivity index (χ4n) is 1.96. The molecule has 0 amide bonds. The Labute approximate surface area is 112 Å². The molecule has 0 bridgehead atoms. The molecule has 1 rings (SSSR count). The molecule has 1 N–H and O–H groups in total. The van der Waals surface area contributed by atoms with Crippen LogP contribution in [-0.4, -0.2) is 36.7 Å². The summed E-state index contributed by atoms with van der Waals surface area (Å²) in [6.45, 7) is 4.11. The Kier molecular flexibility index (Phi) is 4.89. The second-order valence-electron chi connectivity index (χ2n) is 5.32. The Hall–Kier alpha value is -1.62. The summed E-state index contributed by atoms with van der Waals surface area (Å²) in [5.41, 5.74) is -0.152. The molecule has 1 aromatic rings. The van der Waals surface area contributed by atoms with Crippen LogP contribution in [0.25, 0.3) is 0 Å². The first-order chi connectivity index (χ1) is 8.76. The van der Waals surface area contributed by atoms with E-state index in [-0.39, 0.29) is 5.82 Å². The standard InChI is InChI=1S/C14H20FNO3/c1-14(2,13(17)18)9-16(3)8-10-7-11(15)5-6-12(10)19-4/h5-7H,8-9H2,1-4H3,(H,17,18). The first-order valence-corrected chi connectivity index (χ1v) is 6.00. The lowest BCUT2D eigenvalue weighted by Gasteiger charge is -2.27. The first-order valence-electron chi connectivity index (χ1n) is 6.00. The highest BCUT2D eigenvalue weighted by Crippen LogP contribution is 2.23.